The van der Waals surface area contributed by atoms with E-state index in [1.54, 1.807) is 0 Å². The van der Waals surface area contributed by atoms with Gasteiger partial charge in [-0.25, -0.2) is 0 Å². The van der Waals surface area contributed by atoms with E-state index in [1.165, 1.54) is 9.79 Å². The van der Waals surface area contributed by atoms with Crippen molar-refractivity contribution < 1.29 is 4.74 Å². The Balaban J connectivity index is 2.01. The molecular formula is C18H13ClOS. The second-order valence-corrected chi connectivity index (χ2v) is 7.35. The van der Waals surface area contributed by atoms with Crippen molar-refractivity contribution in [3.8, 4) is 11.5 Å². The van der Waals surface area contributed by atoms with Crippen LogP contribution < -0.4 is 4.74 Å². The molecule has 4 rings (SSSR count). The maximum atomic E-state index is 6.49. The van der Waals surface area contributed by atoms with Crippen LogP contribution in [0.3, 0.4) is 0 Å². The molecule has 0 radical (unpaired) electrons. The first-order valence-electron chi connectivity index (χ1n) is 6.75. The molecule has 1 nitrogen and oxygen atoms in total. The summed E-state index contributed by atoms with van der Waals surface area (Å²) in [6.07, 6.45) is 0. The fourth-order valence-corrected chi connectivity index (χ4v) is 5.48. The van der Waals surface area contributed by atoms with Crippen molar-refractivity contribution in [3.63, 3.8) is 0 Å². The third-order valence-electron chi connectivity index (χ3n) is 3.51. The highest BCUT2D eigenvalue weighted by atomic mass is 35.5. The van der Waals surface area contributed by atoms with E-state index in [4.69, 9.17) is 16.3 Å². The molecule has 1 aliphatic rings. The summed E-state index contributed by atoms with van der Waals surface area (Å²) < 4.78 is 6.04. The average molecular weight is 313 g/mol. The van der Waals surface area contributed by atoms with Gasteiger partial charge >= 0.3 is 0 Å². The first-order chi connectivity index (χ1) is 10.3. The second kappa shape index (κ2) is 5.14. The molecule has 1 heterocycles. The molecule has 0 fully saturated rings. The highest BCUT2D eigenvalue weighted by molar-refractivity contribution is 8.17. The first-order valence-corrected chi connectivity index (χ1v) is 8.47. The topological polar surface area (TPSA) is 9.23 Å². The predicted molar refractivity (Wildman–Crippen MR) is 88.2 cm³/mol. The lowest BCUT2D eigenvalue weighted by Crippen LogP contribution is -2.01. The van der Waals surface area contributed by atoms with Gasteiger partial charge in [0.25, 0.3) is 0 Å². The van der Waals surface area contributed by atoms with Gasteiger partial charge in [-0.15, -0.1) is 0 Å². The molecule has 3 aromatic carbocycles. The highest BCUT2D eigenvalue weighted by Crippen LogP contribution is 2.62. The lowest BCUT2D eigenvalue weighted by atomic mass is 10.3. The minimum atomic E-state index is -0.676. The van der Waals surface area contributed by atoms with Crippen LogP contribution >= 0.6 is 22.5 Å². The smallest absolute Gasteiger partial charge is 0.141 e. The Morgan fingerprint density at radius 2 is 1.43 bits per heavy atom. The van der Waals surface area contributed by atoms with Crippen molar-refractivity contribution in [1.29, 1.82) is 0 Å². The molecule has 0 spiro atoms. The van der Waals surface area contributed by atoms with Gasteiger partial charge in [0.2, 0.25) is 0 Å². The number of benzene rings is 3. The van der Waals surface area contributed by atoms with Crippen molar-refractivity contribution in [2.45, 2.75) is 14.7 Å². The van der Waals surface area contributed by atoms with E-state index >= 15 is 0 Å². The zero-order valence-electron chi connectivity index (χ0n) is 11.2. The number of ether oxygens (including phenoxy) is 1. The summed E-state index contributed by atoms with van der Waals surface area (Å²) in [5.41, 5.74) is 0. The van der Waals surface area contributed by atoms with Crippen molar-refractivity contribution >= 4 is 22.5 Å². The molecule has 3 heteroatoms. The third-order valence-corrected chi connectivity index (χ3v) is 6.53. The molecule has 0 N–H and O–H groups in total. The molecule has 1 aliphatic heterocycles. The van der Waals surface area contributed by atoms with Crippen LogP contribution in [0.1, 0.15) is 0 Å². The van der Waals surface area contributed by atoms with Crippen LogP contribution in [-0.4, -0.2) is 0 Å². The van der Waals surface area contributed by atoms with Crippen LogP contribution in [0.5, 0.6) is 11.5 Å². The van der Waals surface area contributed by atoms with Gasteiger partial charge < -0.3 is 4.74 Å². The van der Waals surface area contributed by atoms with Gasteiger partial charge in [-0.3, -0.25) is 0 Å². The fourth-order valence-electron chi connectivity index (χ4n) is 2.61. The second-order valence-electron chi connectivity index (χ2n) is 4.83. The monoisotopic (exact) mass is 312 g/mol. The zero-order valence-corrected chi connectivity index (χ0v) is 12.8. The normalized spacial score (nSPS) is 17.5. The predicted octanol–water partition coefficient (Wildman–Crippen LogP) is 5.92. The first kappa shape index (κ1) is 12.8. The van der Waals surface area contributed by atoms with Gasteiger partial charge in [-0.1, -0.05) is 48.0 Å². The summed E-state index contributed by atoms with van der Waals surface area (Å²) in [7, 11) is -0.676. The van der Waals surface area contributed by atoms with E-state index in [1.807, 2.05) is 36.4 Å². The maximum Gasteiger partial charge on any atom is 0.141 e. The van der Waals surface area contributed by atoms with E-state index in [0.717, 1.165) is 21.4 Å². The number of hydrogen-bond donors (Lipinski definition) is 1. The standard InChI is InChI=1S/C18H13ClOS/c19-14-9-6-11-16-18(14)21(13-7-2-1-3-8-13)17-12-5-4-10-15(17)20-16/h1-12,21H. The SMILES string of the molecule is Clc1cccc2c1[SH](c1ccccc1)c1ccccc1O2. The van der Waals surface area contributed by atoms with Crippen LogP contribution in [0.2, 0.25) is 5.02 Å². The fraction of sp³-hybridized carbons (Fsp3) is 0. The van der Waals surface area contributed by atoms with Crippen LogP contribution in [0.4, 0.5) is 0 Å². The molecule has 0 bridgehead atoms. The van der Waals surface area contributed by atoms with Gasteiger partial charge in [0.1, 0.15) is 11.5 Å². The number of thiol groups is 1. The van der Waals surface area contributed by atoms with Crippen LogP contribution in [-0.2, 0) is 0 Å². The van der Waals surface area contributed by atoms with Crippen LogP contribution in [0, 0.1) is 0 Å². The number of hydrogen-bond acceptors (Lipinski definition) is 1. The molecular weight excluding hydrogens is 300 g/mol. The summed E-state index contributed by atoms with van der Waals surface area (Å²) in [5, 5.41) is 0.775. The van der Waals surface area contributed by atoms with Gasteiger partial charge in [0, 0.05) is 4.90 Å². The van der Waals surface area contributed by atoms with Crippen molar-refractivity contribution in [1.82, 2.24) is 0 Å². The number of para-hydroxylation sites is 1. The Morgan fingerprint density at radius 1 is 0.714 bits per heavy atom. The lowest BCUT2D eigenvalue weighted by molar-refractivity contribution is 0.453. The summed E-state index contributed by atoms with van der Waals surface area (Å²) >= 11 is 6.49. The van der Waals surface area contributed by atoms with Gasteiger partial charge in [0.05, 0.1) is 9.92 Å². The lowest BCUT2D eigenvalue weighted by Gasteiger charge is -2.32. The molecule has 0 aliphatic carbocycles. The Morgan fingerprint density at radius 3 is 2.29 bits per heavy atom. The van der Waals surface area contributed by atoms with Crippen LogP contribution in [0.15, 0.2) is 87.5 Å². The number of fused-ring (bicyclic) bond motifs is 2. The van der Waals surface area contributed by atoms with Gasteiger partial charge in [-0.2, -0.15) is 10.9 Å². The Bertz CT molecular complexity index is 801. The van der Waals surface area contributed by atoms with Gasteiger partial charge in [0.15, 0.2) is 0 Å². The summed E-state index contributed by atoms with van der Waals surface area (Å²) in [5.74, 6) is 1.80. The van der Waals surface area contributed by atoms with Crippen molar-refractivity contribution in [2.24, 2.45) is 0 Å². The largest absolute Gasteiger partial charge is 0.455 e. The molecule has 1 unspecified atom stereocenters. The van der Waals surface area contributed by atoms with Crippen molar-refractivity contribution in [3.05, 3.63) is 77.8 Å². The number of rotatable bonds is 1. The summed E-state index contributed by atoms with van der Waals surface area (Å²) in [6.45, 7) is 0. The highest BCUT2D eigenvalue weighted by Gasteiger charge is 2.27. The van der Waals surface area contributed by atoms with Gasteiger partial charge in [-0.05, 0) is 41.3 Å². The van der Waals surface area contributed by atoms with E-state index in [-0.39, 0.29) is 0 Å². The number of halogens is 1. The zero-order chi connectivity index (χ0) is 14.2. The molecule has 21 heavy (non-hydrogen) atoms. The quantitative estimate of drug-likeness (QED) is 0.429. The Kier molecular flexibility index (Phi) is 3.13. The maximum absolute atomic E-state index is 6.49. The molecule has 0 aromatic heterocycles. The van der Waals surface area contributed by atoms with Crippen molar-refractivity contribution in [2.75, 3.05) is 0 Å². The van der Waals surface area contributed by atoms with E-state index in [2.05, 4.69) is 36.4 Å². The molecule has 1 atom stereocenters. The molecule has 3 aromatic rings. The molecule has 0 saturated carbocycles. The Labute approximate surface area is 131 Å². The average Bonchev–Trinajstić information content (AvgIpc) is 2.54. The molecule has 104 valence electrons. The van der Waals surface area contributed by atoms with E-state index < -0.39 is 10.9 Å². The molecule has 0 amide bonds. The molecule has 0 saturated heterocycles. The van der Waals surface area contributed by atoms with E-state index in [0.29, 0.717) is 0 Å². The van der Waals surface area contributed by atoms with E-state index in [9.17, 15) is 0 Å². The minimum Gasteiger partial charge on any atom is -0.455 e. The third kappa shape index (κ3) is 2.11. The minimum absolute atomic E-state index is 0.676. The van der Waals surface area contributed by atoms with Crippen LogP contribution in [0.25, 0.3) is 0 Å². The Hall–Kier alpha value is -1.90. The summed E-state index contributed by atoms with van der Waals surface area (Å²) in [4.78, 5) is 3.62. The summed E-state index contributed by atoms with van der Waals surface area (Å²) in [6, 6.07) is 24.6.